The molecule has 5 heteroatoms. The second kappa shape index (κ2) is 9.01. The lowest BCUT2D eigenvalue weighted by atomic mass is 9.94. The molecule has 4 nitrogen and oxygen atoms in total. The summed E-state index contributed by atoms with van der Waals surface area (Å²) in [6.07, 6.45) is 3.03. The first-order valence-electron chi connectivity index (χ1n) is 7.75. The molecule has 124 valence electrons. The van der Waals surface area contributed by atoms with E-state index < -0.39 is 0 Å². The predicted molar refractivity (Wildman–Crippen MR) is 91.3 cm³/mol. The lowest BCUT2D eigenvalue weighted by Crippen LogP contribution is -2.31. The fourth-order valence-electron chi connectivity index (χ4n) is 2.85. The van der Waals surface area contributed by atoms with Gasteiger partial charge in [0.15, 0.2) is 0 Å². The van der Waals surface area contributed by atoms with Gasteiger partial charge in [-0.15, -0.1) is 12.4 Å². The zero-order valence-corrected chi connectivity index (χ0v) is 14.2. The molecule has 1 fully saturated rings. The van der Waals surface area contributed by atoms with Gasteiger partial charge in [-0.1, -0.05) is 30.3 Å². The highest BCUT2D eigenvalue weighted by Crippen LogP contribution is 2.26. The van der Waals surface area contributed by atoms with Crippen LogP contribution in [0.2, 0.25) is 0 Å². The molecule has 1 amide bonds. The molecular weight excluding hydrogens is 300 g/mol. The highest BCUT2D eigenvalue weighted by atomic mass is 35.5. The molecule has 0 aliphatic carbocycles. The van der Waals surface area contributed by atoms with Gasteiger partial charge in [0.2, 0.25) is 0 Å². The van der Waals surface area contributed by atoms with Crippen molar-refractivity contribution in [1.29, 1.82) is 0 Å². The Morgan fingerprint density at radius 3 is 2.73 bits per heavy atom. The zero-order chi connectivity index (χ0) is 15.1. The number of ether oxygens (including phenoxy) is 1. The molecule has 1 saturated heterocycles. The van der Waals surface area contributed by atoms with Crippen LogP contribution in [0.3, 0.4) is 0 Å². The fourth-order valence-corrected chi connectivity index (χ4v) is 2.85. The van der Waals surface area contributed by atoms with Crippen LogP contribution in [0.4, 0.5) is 4.79 Å². The van der Waals surface area contributed by atoms with Crippen molar-refractivity contribution < 1.29 is 9.53 Å². The summed E-state index contributed by atoms with van der Waals surface area (Å²) in [7, 11) is 0. The Kier molecular flexibility index (Phi) is 7.69. The van der Waals surface area contributed by atoms with E-state index >= 15 is 0 Å². The van der Waals surface area contributed by atoms with Gasteiger partial charge in [0.05, 0.1) is 0 Å². The van der Waals surface area contributed by atoms with Crippen LogP contribution < -0.4 is 10.6 Å². The number of halogens is 1. The van der Waals surface area contributed by atoms with Gasteiger partial charge in [-0.3, -0.25) is 0 Å². The molecular formula is C17H27ClN2O2. The Hall–Kier alpha value is -1.26. The molecule has 0 spiro atoms. The summed E-state index contributed by atoms with van der Waals surface area (Å²) in [4.78, 5) is 11.6. The third-order valence-corrected chi connectivity index (χ3v) is 3.94. The maximum atomic E-state index is 11.6. The van der Waals surface area contributed by atoms with E-state index in [1.165, 1.54) is 6.42 Å². The van der Waals surface area contributed by atoms with Crippen LogP contribution in [0, 0.1) is 5.92 Å². The quantitative estimate of drug-likeness (QED) is 0.787. The molecule has 1 aliphatic rings. The normalized spacial score (nSPS) is 19.3. The summed E-state index contributed by atoms with van der Waals surface area (Å²) >= 11 is 0. The lowest BCUT2D eigenvalue weighted by Gasteiger charge is -2.17. The minimum absolute atomic E-state index is 0. The molecule has 0 unspecified atom stereocenters. The lowest BCUT2D eigenvalue weighted by molar-refractivity contribution is 0.139. The van der Waals surface area contributed by atoms with Crippen molar-refractivity contribution in [3.8, 4) is 0 Å². The van der Waals surface area contributed by atoms with Gasteiger partial charge in [-0.05, 0) is 51.1 Å². The number of nitrogens with one attached hydrogen (secondary N) is 2. The molecule has 0 radical (unpaired) electrons. The van der Waals surface area contributed by atoms with Crippen LogP contribution in [-0.4, -0.2) is 24.7 Å². The molecule has 22 heavy (non-hydrogen) atoms. The summed E-state index contributed by atoms with van der Waals surface area (Å²) in [6, 6.07) is 9.72. The topological polar surface area (TPSA) is 50.4 Å². The van der Waals surface area contributed by atoms with E-state index in [4.69, 9.17) is 4.74 Å². The molecule has 1 aromatic carbocycles. The van der Waals surface area contributed by atoms with Gasteiger partial charge in [-0.2, -0.15) is 0 Å². The maximum absolute atomic E-state index is 11.6. The van der Waals surface area contributed by atoms with E-state index in [2.05, 4.69) is 24.5 Å². The number of amides is 1. The average molecular weight is 327 g/mol. The van der Waals surface area contributed by atoms with Gasteiger partial charge < -0.3 is 15.4 Å². The standard InChI is InChI=1S/C17H26N2O2.ClH/c1-17(2)11-15(12-19-17)9-6-10-18-16(20)21-13-14-7-4-3-5-8-14;/h3-5,7-8,15,19H,6,9-13H2,1-2H3,(H,18,20);1H/t15-;/m0./s1. The number of hydrogen-bond donors (Lipinski definition) is 2. The molecule has 1 atom stereocenters. The van der Waals surface area contributed by atoms with Crippen LogP contribution in [0.15, 0.2) is 30.3 Å². The molecule has 2 rings (SSSR count). The third-order valence-electron chi connectivity index (χ3n) is 3.94. The minimum Gasteiger partial charge on any atom is -0.445 e. The summed E-state index contributed by atoms with van der Waals surface area (Å²) in [5.74, 6) is 0.724. The van der Waals surface area contributed by atoms with Crippen LogP contribution in [0.1, 0.15) is 38.7 Å². The number of alkyl carbamates (subject to hydrolysis) is 1. The van der Waals surface area contributed by atoms with Crippen molar-refractivity contribution in [2.45, 2.75) is 45.3 Å². The van der Waals surface area contributed by atoms with Crippen LogP contribution in [0.25, 0.3) is 0 Å². The van der Waals surface area contributed by atoms with Crippen molar-refractivity contribution in [1.82, 2.24) is 10.6 Å². The molecule has 1 aliphatic heterocycles. The summed E-state index contributed by atoms with van der Waals surface area (Å²) in [5.41, 5.74) is 1.28. The molecule has 2 N–H and O–H groups in total. The zero-order valence-electron chi connectivity index (χ0n) is 13.4. The molecule has 0 aromatic heterocycles. The monoisotopic (exact) mass is 326 g/mol. The number of carbonyl (C=O) groups is 1. The molecule has 1 aromatic rings. The number of carbonyl (C=O) groups excluding carboxylic acids is 1. The summed E-state index contributed by atoms with van der Waals surface area (Å²) in [5, 5.41) is 6.34. The first-order chi connectivity index (χ1) is 10.1. The highest BCUT2D eigenvalue weighted by Gasteiger charge is 2.29. The first-order valence-corrected chi connectivity index (χ1v) is 7.75. The van der Waals surface area contributed by atoms with E-state index in [0.717, 1.165) is 30.9 Å². The van der Waals surface area contributed by atoms with E-state index in [0.29, 0.717) is 13.2 Å². The third kappa shape index (κ3) is 6.67. The first kappa shape index (κ1) is 18.8. The smallest absolute Gasteiger partial charge is 0.407 e. The van der Waals surface area contributed by atoms with Crippen LogP contribution in [-0.2, 0) is 11.3 Å². The van der Waals surface area contributed by atoms with Crippen molar-refractivity contribution in [3.05, 3.63) is 35.9 Å². The summed E-state index contributed by atoms with van der Waals surface area (Å²) in [6.45, 7) is 6.59. The van der Waals surface area contributed by atoms with Crippen molar-refractivity contribution in [2.75, 3.05) is 13.1 Å². The Morgan fingerprint density at radius 2 is 2.09 bits per heavy atom. The minimum atomic E-state index is -0.330. The van der Waals surface area contributed by atoms with Gasteiger partial charge in [0, 0.05) is 12.1 Å². The van der Waals surface area contributed by atoms with Crippen molar-refractivity contribution in [3.63, 3.8) is 0 Å². The van der Waals surface area contributed by atoms with Gasteiger partial charge in [-0.25, -0.2) is 4.79 Å². The van der Waals surface area contributed by atoms with Crippen molar-refractivity contribution in [2.24, 2.45) is 5.92 Å². The maximum Gasteiger partial charge on any atom is 0.407 e. The van der Waals surface area contributed by atoms with Crippen LogP contribution >= 0.6 is 12.4 Å². The molecule has 0 bridgehead atoms. The number of rotatable bonds is 6. The number of benzene rings is 1. The molecule has 0 saturated carbocycles. The van der Waals surface area contributed by atoms with Gasteiger partial charge in [0.1, 0.15) is 6.61 Å². The van der Waals surface area contributed by atoms with E-state index in [9.17, 15) is 4.79 Å². The molecule has 1 heterocycles. The van der Waals surface area contributed by atoms with Gasteiger partial charge >= 0.3 is 6.09 Å². The second-order valence-electron chi connectivity index (χ2n) is 6.47. The SMILES string of the molecule is CC1(C)C[C@H](CCCNC(=O)OCc2ccccc2)CN1.Cl. The predicted octanol–water partition coefficient (Wildman–Crippen LogP) is 3.50. The number of hydrogen-bond acceptors (Lipinski definition) is 3. The largest absolute Gasteiger partial charge is 0.445 e. The average Bonchev–Trinajstić information content (AvgIpc) is 2.82. The Balaban J connectivity index is 0.00000242. The van der Waals surface area contributed by atoms with E-state index in [1.54, 1.807) is 0 Å². The Bertz CT molecular complexity index is 451. The van der Waals surface area contributed by atoms with Gasteiger partial charge in [0.25, 0.3) is 0 Å². The summed E-state index contributed by atoms with van der Waals surface area (Å²) < 4.78 is 5.17. The van der Waals surface area contributed by atoms with Crippen LogP contribution in [0.5, 0.6) is 0 Å². The van der Waals surface area contributed by atoms with E-state index in [-0.39, 0.29) is 24.0 Å². The Morgan fingerprint density at radius 1 is 1.36 bits per heavy atom. The van der Waals surface area contributed by atoms with Crippen molar-refractivity contribution >= 4 is 18.5 Å². The second-order valence-corrected chi connectivity index (χ2v) is 6.47. The fraction of sp³-hybridized carbons (Fsp3) is 0.588. The highest BCUT2D eigenvalue weighted by molar-refractivity contribution is 5.85. The Labute approximate surface area is 139 Å². The van der Waals surface area contributed by atoms with E-state index in [1.807, 2.05) is 30.3 Å².